The van der Waals surface area contributed by atoms with Crippen LogP contribution in [0.3, 0.4) is 0 Å². The van der Waals surface area contributed by atoms with E-state index in [1.54, 1.807) is 12.1 Å². The van der Waals surface area contributed by atoms with E-state index in [9.17, 15) is 4.39 Å². The molecule has 0 radical (unpaired) electrons. The van der Waals surface area contributed by atoms with Crippen molar-refractivity contribution < 1.29 is 4.39 Å². The zero-order valence-corrected chi connectivity index (χ0v) is 6.00. The molecule has 0 amide bonds. The number of hydrogen-bond acceptors (Lipinski definition) is 2. The summed E-state index contributed by atoms with van der Waals surface area (Å²) < 4.78 is 13.2. The fourth-order valence-corrected chi connectivity index (χ4v) is 1.06. The Hall–Kier alpha value is -1.89. The third kappa shape index (κ3) is 0.768. The molecule has 0 atom stereocenters. The molecule has 0 aliphatic heterocycles. The van der Waals surface area contributed by atoms with Crippen LogP contribution in [0.2, 0.25) is 0 Å². The number of fused-ring (bicyclic) bond motifs is 1. The molecule has 0 aliphatic rings. The normalized spacial score (nSPS) is 10.0. The van der Waals surface area contributed by atoms with Crippen molar-refractivity contribution in [2.24, 2.45) is 0 Å². The Morgan fingerprint density at radius 1 is 1.50 bits per heavy atom. The summed E-state index contributed by atoms with van der Waals surface area (Å²) in [6.07, 6.45) is 1.40. The van der Waals surface area contributed by atoms with Crippen molar-refractivity contribution >= 4 is 11.0 Å². The van der Waals surface area contributed by atoms with Crippen molar-refractivity contribution in [3.05, 3.63) is 29.8 Å². The predicted molar refractivity (Wildman–Crippen MR) is 40.8 cm³/mol. The molecule has 4 heteroatoms. The van der Waals surface area contributed by atoms with Crippen LogP contribution in [-0.4, -0.2) is 9.97 Å². The van der Waals surface area contributed by atoms with Gasteiger partial charge in [0.1, 0.15) is 11.6 Å². The summed E-state index contributed by atoms with van der Waals surface area (Å²) in [7, 11) is 0. The van der Waals surface area contributed by atoms with Crippen LogP contribution in [0, 0.1) is 17.1 Å². The van der Waals surface area contributed by atoms with Gasteiger partial charge in [-0.25, -0.2) is 9.37 Å². The predicted octanol–water partition coefficient (Wildman–Crippen LogP) is 1.57. The van der Waals surface area contributed by atoms with Gasteiger partial charge in [0, 0.05) is 0 Å². The number of nitrogens with zero attached hydrogens (tertiary/aromatic N) is 2. The van der Waals surface area contributed by atoms with E-state index in [1.807, 2.05) is 0 Å². The van der Waals surface area contributed by atoms with Crippen LogP contribution in [-0.2, 0) is 0 Å². The van der Waals surface area contributed by atoms with E-state index in [0.717, 1.165) is 0 Å². The summed E-state index contributed by atoms with van der Waals surface area (Å²) in [4.78, 5) is 6.50. The molecule has 12 heavy (non-hydrogen) atoms. The number of nitriles is 1. The maximum Gasteiger partial charge on any atom is 0.168 e. The first kappa shape index (κ1) is 6.80. The van der Waals surface area contributed by atoms with Gasteiger partial charge in [-0.1, -0.05) is 0 Å². The summed E-state index contributed by atoms with van der Waals surface area (Å²) in [5.74, 6) is -0.559. The van der Waals surface area contributed by atoms with E-state index in [0.29, 0.717) is 5.52 Å². The van der Waals surface area contributed by atoms with Crippen molar-refractivity contribution in [1.29, 1.82) is 5.26 Å². The maximum atomic E-state index is 13.2. The lowest BCUT2D eigenvalue weighted by molar-refractivity contribution is 0.633. The lowest BCUT2D eigenvalue weighted by Crippen LogP contribution is -1.84. The molecule has 1 aromatic carbocycles. The van der Waals surface area contributed by atoms with Gasteiger partial charge in [-0.2, -0.15) is 5.26 Å². The summed E-state index contributed by atoms with van der Waals surface area (Å²) in [6.45, 7) is 0. The van der Waals surface area contributed by atoms with E-state index in [-0.39, 0.29) is 11.1 Å². The van der Waals surface area contributed by atoms with Gasteiger partial charge in [0.25, 0.3) is 0 Å². The van der Waals surface area contributed by atoms with Crippen LogP contribution < -0.4 is 0 Å². The van der Waals surface area contributed by atoms with E-state index < -0.39 is 5.82 Å². The molecule has 0 saturated carbocycles. The molecule has 0 fully saturated rings. The highest BCUT2D eigenvalue weighted by Crippen LogP contribution is 2.16. The Bertz CT molecular complexity index is 467. The summed E-state index contributed by atoms with van der Waals surface area (Å²) in [6, 6.07) is 4.80. The summed E-state index contributed by atoms with van der Waals surface area (Å²) in [5, 5.41) is 8.49. The molecule has 0 bridgehead atoms. The van der Waals surface area contributed by atoms with Gasteiger partial charge in [0.15, 0.2) is 5.82 Å². The van der Waals surface area contributed by atoms with Gasteiger partial charge in [0.05, 0.1) is 17.4 Å². The minimum atomic E-state index is -0.559. The fourth-order valence-electron chi connectivity index (χ4n) is 1.06. The summed E-state index contributed by atoms with van der Waals surface area (Å²) in [5.41, 5.74) is 0.843. The number of aromatic amines is 1. The highest BCUT2D eigenvalue weighted by atomic mass is 19.1. The number of halogens is 1. The Kier molecular flexibility index (Phi) is 1.31. The highest BCUT2D eigenvalue weighted by Gasteiger charge is 2.07. The molecule has 1 N–H and O–H groups in total. The Morgan fingerprint density at radius 2 is 2.33 bits per heavy atom. The van der Waals surface area contributed by atoms with Gasteiger partial charge in [-0.05, 0) is 12.1 Å². The third-order valence-corrected chi connectivity index (χ3v) is 1.65. The Labute approximate surface area is 67.5 Å². The van der Waals surface area contributed by atoms with Crippen molar-refractivity contribution in [2.45, 2.75) is 0 Å². The monoisotopic (exact) mass is 161 g/mol. The zero-order valence-electron chi connectivity index (χ0n) is 6.00. The smallest absolute Gasteiger partial charge is 0.168 e. The standard InChI is InChI=1S/C8H4FN3/c9-7-5(3-10)1-2-6-8(7)12-4-11-6/h1-2,4H,(H,11,12). The third-order valence-electron chi connectivity index (χ3n) is 1.65. The molecular formula is C8H4FN3. The molecule has 1 aromatic heterocycles. The highest BCUT2D eigenvalue weighted by molar-refractivity contribution is 5.76. The second-order valence-corrected chi connectivity index (χ2v) is 2.34. The van der Waals surface area contributed by atoms with E-state index in [2.05, 4.69) is 9.97 Å². The van der Waals surface area contributed by atoms with Crippen LogP contribution in [0.5, 0.6) is 0 Å². The number of nitrogens with one attached hydrogen (secondary N) is 1. The average Bonchev–Trinajstić information content (AvgIpc) is 2.53. The van der Waals surface area contributed by atoms with Crippen molar-refractivity contribution in [3.63, 3.8) is 0 Å². The van der Waals surface area contributed by atoms with Crippen LogP contribution in [0.4, 0.5) is 4.39 Å². The first-order valence-electron chi connectivity index (χ1n) is 3.34. The van der Waals surface area contributed by atoms with Crippen LogP contribution in [0.1, 0.15) is 5.56 Å². The quantitative estimate of drug-likeness (QED) is 0.637. The molecule has 2 aromatic rings. The first-order valence-corrected chi connectivity index (χ1v) is 3.34. The minimum absolute atomic E-state index is 0.0228. The molecule has 0 saturated heterocycles. The number of benzene rings is 1. The molecule has 0 aliphatic carbocycles. The molecular weight excluding hydrogens is 157 g/mol. The van der Waals surface area contributed by atoms with Gasteiger partial charge in [0.2, 0.25) is 0 Å². The number of imidazole rings is 1. The zero-order chi connectivity index (χ0) is 8.55. The number of hydrogen-bond donors (Lipinski definition) is 1. The Balaban J connectivity index is 2.89. The van der Waals surface area contributed by atoms with Crippen LogP contribution in [0.15, 0.2) is 18.5 Å². The van der Waals surface area contributed by atoms with Crippen molar-refractivity contribution in [1.82, 2.24) is 9.97 Å². The van der Waals surface area contributed by atoms with Crippen molar-refractivity contribution in [3.8, 4) is 6.07 Å². The van der Waals surface area contributed by atoms with E-state index >= 15 is 0 Å². The SMILES string of the molecule is N#Cc1ccc2[nH]cnc2c1F. The molecule has 58 valence electrons. The molecule has 1 heterocycles. The second kappa shape index (κ2) is 2.31. The van der Waals surface area contributed by atoms with E-state index in [1.165, 1.54) is 12.4 Å². The number of H-pyrrole nitrogens is 1. The fraction of sp³-hybridized carbons (Fsp3) is 0. The second-order valence-electron chi connectivity index (χ2n) is 2.34. The minimum Gasteiger partial charge on any atom is -0.345 e. The van der Waals surface area contributed by atoms with Gasteiger partial charge in [-0.15, -0.1) is 0 Å². The largest absolute Gasteiger partial charge is 0.345 e. The van der Waals surface area contributed by atoms with Gasteiger partial charge in [-0.3, -0.25) is 0 Å². The van der Waals surface area contributed by atoms with E-state index in [4.69, 9.17) is 5.26 Å². The molecule has 3 nitrogen and oxygen atoms in total. The molecule has 0 unspecified atom stereocenters. The Morgan fingerprint density at radius 3 is 3.08 bits per heavy atom. The van der Waals surface area contributed by atoms with Crippen LogP contribution in [0.25, 0.3) is 11.0 Å². The maximum absolute atomic E-state index is 13.2. The van der Waals surface area contributed by atoms with Gasteiger partial charge >= 0.3 is 0 Å². The molecule has 0 spiro atoms. The average molecular weight is 161 g/mol. The topological polar surface area (TPSA) is 52.5 Å². The molecule has 2 rings (SSSR count). The summed E-state index contributed by atoms with van der Waals surface area (Å²) >= 11 is 0. The lowest BCUT2D eigenvalue weighted by atomic mass is 10.2. The van der Waals surface area contributed by atoms with Gasteiger partial charge < -0.3 is 4.98 Å². The first-order chi connectivity index (χ1) is 5.83. The van der Waals surface area contributed by atoms with Crippen LogP contribution >= 0.6 is 0 Å². The number of rotatable bonds is 0. The lowest BCUT2D eigenvalue weighted by Gasteiger charge is -1.92. The number of aromatic nitrogens is 2. The van der Waals surface area contributed by atoms with Crippen molar-refractivity contribution in [2.75, 3.05) is 0 Å².